The van der Waals surface area contributed by atoms with Gasteiger partial charge in [0.25, 0.3) is 5.69 Å². The molecular formula is C13H7F2NO4. The molecule has 0 aromatic heterocycles. The molecule has 0 radical (unpaired) electrons. The van der Waals surface area contributed by atoms with Crippen molar-refractivity contribution >= 4 is 11.7 Å². The van der Waals surface area contributed by atoms with Crippen LogP contribution in [-0.4, -0.2) is 16.0 Å². The lowest BCUT2D eigenvalue weighted by Crippen LogP contribution is -1.99. The van der Waals surface area contributed by atoms with Crippen LogP contribution in [0.1, 0.15) is 10.4 Å². The van der Waals surface area contributed by atoms with Crippen LogP contribution in [0, 0.1) is 21.7 Å². The van der Waals surface area contributed by atoms with Crippen LogP contribution in [0.2, 0.25) is 0 Å². The minimum absolute atomic E-state index is 0.121. The number of hydrogen-bond donors (Lipinski definition) is 1. The van der Waals surface area contributed by atoms with Gasteiger partial charge in [-0.2, -0.15) is 0 Å². The van der Waals surface area contributed by atoms with E-state index in [1.54, 1.807) is 0 Å². The molecule has 0 bridgehead atoms. The Kier molecular flexibility index (Phi) is 3.43. The molecule has 0 atom stereocenters. The van der Waals surface area contributed by atoms with Gasteiger partial charge in [-0.15, -0.1) is 0 Å². The molecule has 2 aromatic carbocycles. The van der Waals surface area contributed by atoms with Gasteiger partial charge in [0.05, 0.1) is 10.5 Å². The maximum absolute atomic E-state index is 13.2. The number of rotatable bonds is 3. The Morgan fingerprint density at radius 3 is 2.30 bits per heavy atom. The molecule has 20 heavy (non-hydrogen) atoms. The Labute approximate surface area is 111 Å². The quantitative estimate of drug-likeness (QED) is 0.690. The second-order valence-electron chi connectivity index (χ2n) is 3.96. The summed E-state index contributed by atoms with van der Waals surface area (Å²) in [5.41, 5.74) is -0.478. The Balaban J connectivity index is 2.63. The van der Waals surface area contributed by atoms with Crippen molar-refractivity contribution in [3.8, 4) is 11.1 Å². The maximum Gasteiger partial charge on any atom is 0.335 e. The molecule has 7 heteroatoms. The van der Waals surface area contributed by atoms with Crippen molar-refractivity contribution in [3.05, 3.63) is 63.7 Å². The molecule has 0 aliphatic heterocycles. The van der Waals surface area contributed by atoms with Gasteiger partial charge in [0.2, 0.25) is 0 Å². The normalized spacial score (nSPS) is 10.3. The highest BCUT2D eigenvalue weighted by Gasteiger charge is 2.15. The number of carboxylic acids is 1. The predicted octanol–water partition coefficient (Wildman–Crippen LogP) is 3.24. The van der Waals surface area contributed by atoms with E-state index in [1.165, 1.54) is 6.07 Å². The number of nitrogens with zero attached hydrogens (tertiary/aromatic N) is 1. The standard InChI is InChI=1S/C13H7F2NO4/c14-11-2-1-7(6-12(11)15)8-3-9(13(17)18)5-10(4-8)16(19)20/h1-6H,(H,17,18). The highest BCUT2D eigenvalue weighted by Crippen LogP contribution is 2.27. The smallest absolute Gasteiger partial charge is 0.335 e. The average molecular weight is 279 g/mol. The van der Waals surface area contributed by atoms with E-state index >= 15 is 0 Å². The van der Waals surface area contributed by atoms with Gasteiger partial charge in [-0.3, -0.25) is 10.1 Å². The monoisotopic (exact) mass is 279 g/mol. The lowest BCUT2D eigenvalue weighted by atomic mass is 10.0. The molecule has 2 aromatic rings. The topological polar surface area (TPSA) is 80.4 Å². The number of nitro benzene ring substituents is 1. The molecule has 0 aliphatic rings. The summed E-state index contributed by atoms with van der Waals surface area (Å²) in [5, 5.41) is 19.7. The number of benzene rings is 2. The first kappa shape index (κ1) is 13.6. The van der Waals surface area contributed by atoms with E-state index in [0.29, 0.717) is 0 Å². The van der Waals surface area contributed by atoms with E-state index in [4.69, 9.17) is 5.11 Å². The van der Waals surface area contributed by atoms with E-state index in [9.17, 15) is 23.7 Å². The van der Waals surface area contributed by atoms with Gasteiger partial charge in [0.1, 0.15) is 0 Å². The summed E-state index contributed by atoms with van der Waals surface area (Å²) in [6.07, 6.45) is 0. The number of hydrogen-bond acceptors (Lipinski definition) is 3. The van der Waals surface area contributed by atoms with Crippen molar-refractivity contribution in [1.82, 2.24) is 0 Å². The largest absolute Gasteiger partial charge is 0.478 e. The molecule has 0 fully saturated rings. The summed E-state index contributed by atoms with van der Waals surface area (Å²) in [4.78, 5) is 20.9. The number of nitro groups is 1. The SMILES string of the molecule is O=C(O)c1cc(-c2ccc(F)c(F)c2)cc([N+](=O)[O-])c1. The second kappa shape index (κ2) is 5.04. The van der Waals surface area contributed by atoms with Gasteiger partial charge in [-0.25, -0.2) is 13.6 Å². The van der Waals surface area contributed by atoms with Gasteiger partial charge in [0.15, 0.2) is 11.6 Å². The predicted molar refractivity (Wildman–Crippen MR) is 65.4 cm³/mol. The van der Waals surface area contributed by atoms with Crippen LogP contribution in [0.15, 0.2) is 36.4 Å². The van der Waals surface area contributed by atoms with Crippen LogP contribution in [0.4, 0.5) is 14.5 Å². The average Bonchev–Trinajstić information content (AvgIpc) is 2.41. The first-order chi connectivity index (χ1) is 9.38. The fourth-order valence-electron chi connectivity index (χ4n) is 1.68. The molecule has 102 valence electrons. The summed E-state index contributed by atoms with van der Waals surface area (Å²) < 4.78 is 26.0. The molecule has 0 spiro atoms. The summed E-state index contributed by atoms with van der Waals surface area (Å²) in [6.45, 7) is 0. The molecule has 5 nitrogen and oxygen atoms in total. The van der Waals surface area contributed by atoms with Crippen molar-refractivity contribution in [2.24, 2.45) is 0 Å². The Hall–Kier alpha value is -2.83. The number of aromatic carboxylic acids is 1. The summed E-state index contributed by atoms with van der Waals surface area (Å²) in [5.74, 6) is -3.53. The van der Waals surface area contributed by atoms with Crippen molar-refractivity contribution in [1.29, 1.82) is 0 Å². The van der Waals surface area contributed by atoms with Crippen LogP contribution in [-0.2, 0) is 0 Å². The van der Waals surface area contributed by atoms with Gasteiger partial charge in [-0.05, 0) is 29.3 Å². The van der Waals surface area contributed by atoms with E-state index in [2.05, 4.69) is 0 Å². The molecule has 0 unspecified atom stereocenters. The third-order valence-corrected chi connectivity index (χ3v) is 2.63. The number of halogens is 2. The van der Waals surface area contributed by atoms with E-state index in [0.717, 1.165) is 30.3 Å². The highest BCUT2D eigenvalue weighted by atomic mass is 19.2. The van der Waals surface area contributed by atoms with Gasteiger partial charge < -0.3 is 5.11 Å². The first-order valence-electron chi connectivity index (χ1n) is 5.36. The fourth-order valence-corrected chi connectivity index (χ4v) is 1.68. The molecule has 2 rings (SSSR count). The Morgan fingerprint density at radius 2 is 1.75 bits per heavy atom. The maximum atomic E-state index is 13.2. The summed E-state index contributed by atoms with van der Waals surface area (Å²) >= 11 is 0. The molecular weight excluding hydrogens is 272 g/mol. The minimum atomic E-state index is -1.35. The first-order valence-corrected chi connectivity index (χ1v) is 5.36. The van der Waals surface area contributed by atoms with Crippen LogP contribution in [0.25, 0.3) is 11.1 Å². The van der Waals surface area contributed by atoms with Crippen LogP contribution in [0.5, 0.6) is 0 Å². The number of non-ortho nitro benzene ring substituents is 1. The number of carboxylic acid groups (broad SMARTS) is 1. The lowest BCUT2D eigenvalue weighted by molar-refractivity contribution is -0.384. The highest BCUT2D eigenvalue weighted by molar-refractivity contribution is 5.90. The van der Waals surface area contributed by atoms with Crippen molar-refractivity contribution in [2.45, 2.75) is 0 Å². The fraction of sp³-hybridized carbons (Fsp3) is 0. The van der Waals surface area contributed by atoms with Gasteiger partial charge >= 0.3 is 5.97 Å². The minimum Gasteiger partial charge on any atom is -0.478 e. The third kappa shape index (κ3) is 2.61. The second-order valence-corrected chi connectivity index (χ2v) is 3.96. The van der Waals surface area contributed by atoms with Crippen LogP contribution >= 0.6 is 0 Å². The van der Waals surface area contributed by atoms with Crippen molar-refractivity contribution < 1.29 is 23.6 Å². The van der Waals surface area contributed by atoms with Crippen molar-refractivity contribution in [3.63, 3.8) is 0 Å². The Bertz CT molecular complexity index is 683. The molecule has 0 saturated carbocycles. The summed E-state index contributed by atoms with van der Waals surface area (Å²) in [6, 6.07) is 6.07. The number of carbonyl (C=O) groups is 1. The van der Waals surface area contributed by atoms with E-state index in [-0.39, 0.29) is 16.7 Å². The molecule has 0 heterocycles. The zero-order chi connectivity index (χ0) is 14.9. The molecule has 0 amide bonds. The molecule has 1 N–H and O–H groups in total. The molecule has 0 aliphatic carbocycles. The lowest BCUT2D eigenvalue weighted by Gasteiger charge is -2.04. The summed E-state index contributed by atoms with van der Waals surface area (Å²) in [7, 11) is 0. The van der Waals surface area contributed by atoms with Crippen LogP contribution in [0.3, 0.4) is 0 Å². The van der Waals surface area contributed by atoms with Gasteiger partial charge in [0, 0.05) is 12.1 Å². The van der Waals surface area contributed by atoms with Gasteiger partial charge in [-0.1, -0.05) is 6.07 Å². The molecule has 0 saturated heterocycles. The zero-order valence-corrected chi connectivity index (χ0v) is 9.84. The Morgan fingerprint density at radius 1 is 1.05 bits per heavy atom. The van der Waals surface area contributed by atoms with Crippen molar-refractivity contribution in [2.75, 3.05) is 0 Å². The third-order valence-electron chi connectivity index (χ3n) is 2.63. The van der Waals surface area contributed by atoms with Crippen LogP contribution < -0.4 is 0 Å². The van der Waals surface area contributed by atoms with E-state index < -0.39 is 28.2 Å². The zero-order valence-electron chi connectivity index (χ0n) is 9.84. The van der Waals surface area contributed by atoms with E-state index in [1.807, 2.05) is 0 Å².